The highest BCUT2D eigenvalue weighted by Crippen LogP contribution is 2.34. The third-order valence-corrected chi connectivity index (χ3v) is 6.67. The van der Waals surface area contributed by atoms with Crippen molar-refractivity contribution in [2.45, 2.75) is 63.2 Å². The maximum Gasteiger partial charge on any atom is 0.217 e. The van der Waals surface area contributed by atoms with Crippen LogP contribution >= 0.6 is 0 Å². The second-order valence-electron chi connectivity index (χ2n) is 5.61. The molecule has 0 aromatic carbocycles. The SMILES string of the molecule is CC1(C)C(=O)CCCN1S(=O)(=O)C1CCCC1. The Labute approximate surface area is 103 Å². The van der Waals surface area contributed by atoms with Gasteiger partial charge in [-0.15, -0.1) is 0 Å². The number of carbonyl (C=O) groups excluding carboxylic acids is 1. The van der Waals surface area contributed by atoms with Gasteiger partial charge in [0.25, 0.3) is 0 Å². The second kappa shape index (κ2) is 4.35. The van der Waals surface area contributed by atoms with Crippen LogP contribution in [0.15, 0.2) is 0 Å². The van der Waals surface area contributed by atoms with Gasteiger partial charge in [-0.3, -0.25) is 4.79 Å². The largest absolute Gasteiger partial charge is 0.298 e. The van der Waals surface area contributed by atoms with Crippen molar-refractivity contribution in [1.29, 1.82) is 0 Å². The van der Waals surface area contributed by atoms with E-state index in [1.807, 2.05) is 0 Å². The Morgan fingerprint density at radius 3 is 2.35 bits per heavy atom. The van der Waals surface area contributed by atoms with Crippen molar-refractivity contribution in [3.63, 3.8) is 0 Å². The molecule has 0 N–H and O–H groups in total. The van der Waals surface area contributed by atoms with E-state index in [2.05, 4.69) is 0 Å². The van der Waals surface area contributed by atoms with E-state index in [0.717, 1.165) is 25.7 Å². The highest BCUT2D eigenvalue weighted by atomic mass is 32.2. The van der Waals surface area contributed by atoms with Crippen LogP contribution < -0.4 is 0 Å². The summed E-state index contributed by atoms with van der Waals surface area (Å²) in [5.41, 5.74) is -0.848. The fourth-order valence-corrected chi connectivity index (χ4v) is 5.33. The first-order valence-corrected chi connectivity index (χ1v) is 7.92. The number of hydrogen-bond donors (Lipinski definition) is 0. The number of ketones is 1. The first-order valence-electron chi connectivity index (χ1n) is 6.42. The van der Waals surface area contributed by atoms with E-state index in [0.29, 0.717) is 19.4 Å². The van der Waals surface area contributed by atoms with Gasteiger partial charge < -0.3 is 0 Å². The molecule has 1 aliphatic heterocycles. The molecule has 17 heavy (non-hydrogen) atoms. The summed E-state index contributed by atoms with van der Waals surface area (Å²) in [6.45, 7) is 3.97. The van der Waals surface area contributed by atoms with Gasteiger partial charge in [-0.25, -0.2) is 8.42 Å². The molecule has 1 aliphatic carbocycles. The molecule has 1 saturated carbocycles. The van der Waals surface area contributed by atoms with Crippen LogP contribution in [0.2, 0.25) is 0 Å². The van der Waals surface area contributed by atoms with Crippen molar-refractivity contribution in [3.8, 4) is 0 Å². The summed E-state index contributed by atoms with van der Waals surface area (Å²) in [6, 6.07) is 0. The molecule has 4 nitrogen and oxygen atoms in total. The van der Waals surface area contributed by atoms with Crippen molar-refractivity contribution in [2.75, 3.05) is 6.54 Å². The smallest absolute Gasteiger partial charge is 0.217 e. The highest BCUT2D eigenvalue weighted by Gasteiger charge is 2.46. The number of carbonyl (C=O) groups is 1. The van der Waals surface area contributed by atoms with Crippen LogP contribution in [0.4, 0.5) is 0 Å². The van der Waals surface area contributed by atoms with E-state index in [1.165, 1.54) is 4.31 Å². The molecular formula is C12H21NO3S. The maximum absolute atomic E-state index is 12.5. The first kappa shape index (κ1) is 13.0. The Balaban J connectivity index is 2.28. The van der Waals surface area contributed by atoms with Crippen molar-refractivity contribution in [3.05, 3.63) is 0 Å². The Bertz CT molecular complexity index is 407. The Hall–Kier alpha value is -0.420. The fourth-order valence-electron chi connectivity index (χ4n) is 2.92. The predicted octanol–water partition coefficient (Wildman–Crippen LogP) is 1.70. The van der Waals surface area contributed by atoms with Crippen LogP contribution in [0.25, 0.3) is 0 Å². The van der Waals surface area contributed by atoms with Crippen molar-refractivity contribution in [2.24, 2.45) is 0 Å². The quantitative estimate of drug-likeness (QED) is 0.758. The van der Waals surface area contributed by atoms with E-state index in [4.69, 9.17) is 0 Å². The van der Waals surface area contributed by atoms with Crippen LogP contribution in [0.5, 0.6) is 0 Å². The minimum absolute atomic E-state index is 0.0466. The Morgan fingerprint density at radius 1 is 1.18 bits per heavy atom. The summed E-state index contributed by atoms with van der Waals surface area (Å²) in [5.74, 6) is 0.0466. The molecular weight excluding hydrogens is 238 g/mol. The molecule has 0 atom stereocenters. The molecule has 5 heteroatoms. The third-order valence-electron chi connectivity index (χ3n) is 4.10. The van der Waals surface area contributed by atoms with Gasteiger partial charge in [-0.1, -0.05) is 12.8 Å². The highest BCUT2D eigenvalue weighted by molar-refractivity contribution is 7.89. The molecule has 0 aromatic rings. The molecule has 2 aliphatic rings. The Kier molecular flexibility index (Phi) is 3.34. The van der Waals surface area contributed by atoms with Gasteiger partial charge in [-0.05, 0) is 33.1 Å². The van der Waals surface area contributed by atoms with E-state index in [1.54, 1.807) is 13.8 Å². The first-order chi connectivity index (χ1) is 7.87. The lowest BCUT2D eigenvalue weighted by Gasteiger charge is -2.41. The summed E-state index contributed by atoms with van der Waals surface area (Å²) in [7, 11) is -3.29. The van der Waals surface area contributed by atoms with Crippen molar-refractivity contribution >= 4 is 15.8 Å². The summed E-state index contributed by atoms with van der Waals surface area (Å²) < 4.78 is 26.5. The molecule has 0 spiro atoms. The molecule has 0 radical (unpaired) electrons. The predicted molar refractivity (Wildman–Crippen MR) is 66.2 cm³/mol. The summed E-state index contributed by atoms with van der Waals surface area (Å²) in [4.78, 5) is 11.9. The van der Waals surface area contributed by atoms with Crippen LogP contribution in [-0.4, -0.2) is 35.8 Å². The van der Waals surface area contributed by atoms with E-state index in [9.17, 15) is 13.2 Å². The molecule has 2 fully saturated rings. The normalized spacial score (nSPS) is 27.5. The molecule has 0 aromatic heterocycles. The lowest BCUT2D eigenvalue weighted by atomic mass is 9.92. The van der Waals surface area contributed by atoms with Crippen LogP contribution in [-0.2, 0) is 14.8 Å². The van der Waals surface area contributed by atoms with Crippen molar-refractivity contribution < 1.29 is 13.2 Å². The number of sulfonamides is 1. The average Bonchev–Trinajstić information content (AvgIpc) is 2.75. The van der Waals surface area contributed by atoms with Gasteiger partial charge in [0, 0.05) is 13.0 Å². The maximum atomic E-state index is 12.5. The summed E-state index contributed by atoms with van der Waals surface area (Å²) >= 11 is 0. The van der Waals surface area contributed by atoms with Crippen LogP contribution in [0.1, 0.15) is 52.4 Å². The number of hydrogen-bond acceptors (Lipinski definition) is 3. The third kappa shape index (κ3) is 2.15. The standard InChI is InChI=1S/C12H21NO3S/c1-12(2)11(14)8-5-9-13(12)17(15,16)10-6-3-4-7-10/h10H,3-9H2,1-2H3. The zero-order valence-electron chi connectivity index (χ0n) is 10.6. The van der Waals surface area contributed by atoms with Gasteiger partial charge >= 0.3 is 0 Å². The van der Waals surface area contributed by atoms with Gasteiger partial charge in [0.15, 0.2) is 5.78 Å². The van der Waals surface area contributed by atoms with Gasteiger partial charge in [0.2, 0.25) is 10.0 Å². The number of Topliss-reactive ketones (excluding diaryl/α,β-unsaturated/α-hetero) is 1. The van der Waals surface area contributed by atoms with Crippen LogP contribution in [0.3, 0.4) is 0 Å². The van der Waals surface area contributed by atoms with Gasteiger partial charge in [-0.2, -0.15) is 4.31 Å². The minimum atomic E-state index is -3.29. The Morgan fingerprint density at radius 2 is 1.76 bits per heavy atom. The topological polar surface area (TPSA) is 54.5 Å². The monoisotopic (exact) mass is 259 g/mol. The molecule has 0 amide bonds. The number of rotatable bonds is 2. The lowest BCUT2D eigenvalue weighted by Crippen LogP contribution is -2.57. The number of nitrogens with zero attached hydrogens (tertiary/aromatic N) is 1. The van der Waals surface area contributed by atoms with E-state index >= 15 is 0 Å². The molecule has 0 bridgehead atoms. The molecule has 98 valence electrons. The molecule has 0 unspecified atom stereocenters. The van der Waals surface area contributed by atoms with E-state index in [-0.39, 0.29) is 11.0 Å². The fraction of sp³-hybridized carbons (Fsp3) is 0.917. The average molecular weight is 259 g/mol. The molecule has 1 saturated heterocycles. The number of piperidine rings is 1. The zero-order chi connectivity index (χ0) is 12.7. The molecule has 1 heterocycles. The van der Waals surface area contributed by atoms with Crippen molar-refractivity contribution in [1.82, 2.24) is 4.31 Å². The minimum Gasteiger partial charge on any atom is -0.298 e. The van der Waals surface area contributed by atoms with Crippen LogP contribution in [0, 0.1) is 0 Å². The zero-order valence-corrected chi connectivity index (χ0v) is 11.4. The van der Waals surface area contributed by atoms with E-state index < -0.39 is 15.6 Å². The summed E-state index contributed by atoms with van der Waals surface area (Å²) in [6.07, 6.45) is 4.66. The summed E-state index contributed by atoms with van der Waals surface area (Å²) in [5, 5.41) is -0.257. The second-order valence-corrected chi connectivity index (χ2v) is 7.75. The van der Waals surface area contributed by atoms with Gasteiger partial charge in [0.05, 0.1) is 10.8 Å². The molecule has 2 rings (SSSR count). The lowest BCUT2D eigenvalue weighted by molar-refractivity contribution is -0.129. The van der Waals surface area contributed by atoms with Gasteiger partial charge in [0.1, 0.15) is 0 Å².